The standard InChI is InChI=1S/C13H17N3O3/c1-4-16-12(10(18-2)8-15-16)13(17)9-5-6-11(19-3)14-7-9/h5-8,13,17H,4H2,1-3H3. The van der Waals surface area contributed by atoms with Crippen LogP contribution in [0.5, 0.6) is 11.6 Å². The van der Waals surface area contributed by atoms with Crippen molar-refractivity contribution in [2.24, 2.45) is 0 Å². The largest absolute Gasteiger partial charge is 0.493 e. The van der Waals surface area contributed by atoms with Crippen molar-refractivity contribution in [3.05, 3.63) is 35.8 Å². The highest BCUT2D eigenvalue weighted by atomic mass is 16.5. The average Bonchev–Trinajstić information content (AvgIpc) is 2.89. The summed E-state index contributed by atoms with van der Waals surface area (Å²) in [5.41, 5.74) is 1.28. The Labute approximate surface area is 111 Å². The zero-order valence-corrected chi connectivity index (χ0v) is 11.2. The van der Waals surface area contributed by atoms with Crippen LogP contribution in [0.15, 0.2) is 24.5 Å². The topological polar surface area (TPSA) is 69.4 Å². The van der Waals surface area contributed by atoms with Gasteiger partial charge < -0.3 is 14.6 Å². The highest BCUT2D eigenvalue weighted by Gasteiger charge is 2.21. The van der Waals surface area contributed by atoms with E-state index >= 15 is 0 Å². The molecule has 0 aliphatic carbocycles. The lowest BCUT2D eigenvalue weighted by atomic mass is 10.1. The molecule has 2 heterocycles. The zero-order valence-electron chi connectivity index (χ0n) is 11.2. The van der Waals surface area contributed by atoms with Gasteiger partial charge in [-0.1, -0.05) is 0 Å². The molecule has 0 saturated heterocycles. The van der Waals surface area contributed by atoms with Crippen molar-refractivity contribution in [2.45, 2.75) is 19.6 Å². The number of hydrogen-bond acceptors (Lipinski definition) is 5. The lowest BCUT2D eigenvalue weighted by molar-refractivity contribution is 0.202. The molecule has 0 spiro atoms. The Bertz CT molecular complexity index is 515. The minimum atomic E-state index is -0.837. The predicted molar refractivity (Wildman–Crippen MR) is 69.3 cm³/mol. The molecule has 102 valence electrons. The molecular formula is C13H17N3O3. The van der Waals surface area contributed by atoms with E-state index in [1.54, 1.807) is 43.4 Å². The molecule has 0 aliphatic rings. The maximum atomic E-state index is 10.4. The van der Waals surface area contributed by atoms with Crippen LogP contribution in [0.1, 0.15) is 24.3 Å². The van der Waals surface area contributed by atoms with Crippen LogP contribution >= 0.6 is 0 Å². The molecule has 6 heteroatoms. The summed E-state index contributed by atoms with van der Waals surface area (Å²) in [6.07, 6.45) is 2.34. The third-order valence-corrected chi connectivity index (χ3v) is 2.91. The number of aliphatic hydroxyl groups excluding tert-OH is 1. The first-order chi connectivity index (χ1) is 9.21. The fourth-order valence-corrected chi connectivity index (χ4v) is 1.89. The van der Waals surface area contributed by atoms with Gasteiger partial charge in [0, 0.05) is 24.4 Å². The SMILES string of the molecule is CCn1ncc(OC)c1C(O)c1ccc(OC)nc1. The molecule has 0 saturated carbocycles. The summed E-state index contributed by atoms with van der Waals surface area (Å²) < 4.78 is 11.9. The van der Waals surface area contributed by atoms with Crippen LogP contribution in [-0.4, -0.2) is 34.1 Å². The van der Waals surface area contributed by atoms with E-state index in [9.17, 15) is 5.11 Å². The van der Waals surface area contributed by atoms with Crippen LogP contribution in [0.3, 0.4) is 0 Å². The summed E-state index contributed by atoms with van der Waals surface area (Å²) in [4.78, 5) is 4.09. The highest BCUT2D eigenvalue weighted by molar-refractivity contribution is 5.34. The molecular weight excluding hydrogens is 246 g/mol. The van der Waals surface area contributed by atoms with Gasteiger partial charge in [0.2, 0.25) is 5.88 Å². The van der Waals surface area contributed by atoms with Crippen molar-refractivity contribution in [2.75, 3.05) is 14.2 Å². The predicted octanol–water partition coefficient (Wildman–Crippen LogP) is 1.40. The van der Waals surface area contributed by atoms with Crippen molar-refractivity contribution in [3.8, 4) is 11.6 Å². The van der Waals surface area contributed by atoms with Crippen LogP contribution in [0.4, 0.5) is 0 Å². The second-order valence-corrected chi connectivity index (χ2v) is 3.95. The van der Waals surface area contributed by atoms with Crippen LogP contribution in [0.2, 0.25) is 0 Å². The molecule has 1 unspecified atom stereocenters. The molecule has 0 aromatic carbocycles. The average molecular weight is 263 g/mol. The zero-order chi connectivity index (χ0) is 13.8. The van der Waals surface area contributed by atoms with Crippen molar-refractivity contribution in [1.29, 1.82) is 0 Å². The van der Waals surface area contributed by atoms with Gasteiger partial charge in [0.15, 0.2) is 5.75 Å². The number of pyridine rings is 1. The first kappa shape index (κ1) is 13.4. The van der Waals surface area contributed by atoms with Gasteiger partial charge in [0.05, 0.1) is 20.4 Å². The lowest BCUT2D eigenvalue weighted by Gasteiger charge is -2.14. The smallest absolute Gasteiger partial charge is 0.212 e. The first-order valence-corrected chi connectivity index (χ1v) is 5.99. The van der Waals surface area contributed by atoms with Gasteiger partial charge >= 0.3 is 0 Å². The summed E-state index contributed by atoms with van der Waals surface area (Å²) in [5.74, 6) is 1.07. The normalized spacial score (nSPS) is 12.2. The van der Waals surface area contributed by atoms with Crippen LogP contribution in [0, 0.1) is 0 Å². The summed E-state index contributed by atoms with van der Waals surface area (Å²) in [6.45, 7) is 2.61. The molecule has 19 heavy (non-hydrogen) atoms. The Morgan fingerprint density at radius 2 is 2.05 bits per heavy atom. The van der Waals surface area contributed by atoms with Crippen LogP contribution < -0.4 is 9.47 Å². The van der Waals surface area contributed by atoms with E-state index in [0.29, 0.717) is 29.4 Å². The molecule has 0 radical (unpaired) electrons. The van der Waals surface area contributed by atoms with E-state index < -0.39 is 6.10 Å². The minimum absolute atomic E-state index is 0.506. The Kier molecular flexibility index (Phi) is 4.01. The molecule has 6 nitrogen and oxygen atoms in total. The van der Waals surface area contributed by atoms with Gasteiger partial charge in [-0.05, 0) is 13.0 Å². The number of aromatic nitrogens is 3. The number of hydrogen-bond donors (Lipinski definition) is 1. The van der Waals surface area contributed by atoms with E-state index in [0.717, 1.165) is 0 Å². The van der Waals surface area contributed by atoms with Gasteiger partial charge in [-0.3, -0.25) is 4.68 Å². The molecule has 0 amide bonds. The third-order valence-electron chi connectivity index (χ3n) is 2.91. The molecule has 2 aromatic rings. The van der Waals surface area contributed by atoms with Crippen molar-refractivity contribution in [3.63, 3.8) is 0 Å². The molecule has 0 aliphatic heterocycles. The Morgan fingerprint density at radius 1 is 1.26 bits per heavy atom. The van der Waals surface area contributed by atoms with E-state index in [2.05, 4.69) is 10.1 Å². The molecule has 1 N–H and O–H groups in total. The molecule has 0 bridgehead atoms. The summed E-state index contributed by atoms with van der Waals surface area (Å²) in [5, 5.41) is 14.6. The first-order valence-electron chi connectivity index (χ1n) is 5.99. The number of aliphatic hydroxyl groups is 1. The second kappa shape index (κ2) is 5.71. The van der Waals surface area contributed by atoms with E-state index in [1.807, 2.05) is 6.92 Å². The highest BCUT2D eigenvalue weighted by Crippen LogP contribution is 2.29. The second-order valence-electron chi connectivity index (χ2n) is 3.95. The summed E-state index contributed by atoms with van der Waals surface area (Å²) in [7, 11) is 3.10. The molecule has 0 fully saturated rings. The van der Waals surface area contributed by atoms with Crippen LogP contribution in [-0.2, 0) is 6.54 Å². The summed E-state index contributed by atoms with van der Waals surface area (Å²) in [6, 6.07) is 3.47. The lowest BCUT2D eigenvalue weighted by Crippen LogP contribution is -2.10. The van der Waals surface area contributed by atoms with Crippen molar-refractivity contribution >= 4 is 0 Å². The minimum Gasteiger partial charge on any atom is -0.493 e. The maximum Gasteiger partial charge on any atom is 0.212 e. The number of nitrogens with zero attached hydrogens (tertiary/aromatic N) is 3. The number of methoxy groups -OCH3 is 2. The third kappa shape index (κ3) is 2.53. The van der Waals surface area contributed by atoms with Crippen molar-refractivity contribution < 1.29 is 14.6 Å². The number of ether oxygens (including phenoxy) is 2. The molecule has 2 aromatic heterocycles. The monoisotopic (exact) mass is 263 g/mol. The van der Waals surface area contributed by atoms with Gasteiger partial charge in [-0.15, -0.1) is 0 Å². The summed E-state index contributed by atoms with van der Waals surface area (Å²) >= 11 is 0. The Hall–Kier alpha value is -2.08. The fraction of sp³-hybridized carbons (Fsp3) is 0.385. The molecule has 1 atom stereocenters. The van der Waals surface area contributed by atoms with Crippen molar-refractivity contribution in [1.82, 2.24) is 14.8 Å². The van der Waals surface area contributed by atoms with E-state index in [4.69, 9.17) is 9.47 Å². The Morgan fingerprint density at radius 3 is 2.58 bits per heavy atom. The quantitative estimate of drug-likeness (QED) is 0.883. The van der Waals surface area contributed by atoms with Crippen LogP contribution in [0.25, 0.3) is 0 Å². The maximum absolute atomic E-state index is 10.4. The van der Waals surface area contributed by atoms with Gasteiger partial charge in [-0.25, -0.2) is 4.98 Å². The van der Waals surface area contributed by atoms with Gasteiger partial charge in [0.1, 0.15) is 11.8 Å². The van der Waals surface area contributed by atoms with E-state index in [-0.39, 0.29) is 0 Å². The van der Waals surface area contributed by atoms with Gasteiger partial charge in [-0.2, -0.15) is 5.10 Å². The van der Waals surface area contributed by atoms with Gasteiger partial charge in [0.25, 0.3) is 0 Å². The fourth-order valence-electron chi connectivity index (χ4n) is 1.89. The molecule has 2 rings (SSSR count). The van der Waals surface area contributed by atoms with E-state index in [1.165, 1.54) is 0 Å². The number of rotatable bonds is 5. The number of aryl methyl sites for hydroxylation is 1. The Balaban J connectivity index is 2.36.